The van der Waals surface area contributed by atoms with Crippen LogP contribution in [0.3, 0.4) is 0 Å². The molecule has 0 saturated heterocycles. The molecule has 0 fully saturated rings. The molecular formula is C16H16N2O3. The summed E-state index contributed by atoms with van der Waals surface area (Å²) < 4.78 is 16.5. The number of fused-ring (bicyclic) bond motifs is 1. The molecule has 2 N–H and O–H groups in total. The van der Waals surface area contributed by atoms with Crippen molar-refractivity contribution in [3.05, 3.63) is 48.9 Å². The van der Waals surface area contributed by atoms with Crippen LogP contribution in [-0.2, 0) is 0 Å². The maximum atomic E-state index is 5.68. The van der Waals surface area contributed by atoms with Crippen molar-refractivity contribution >= 4 is 16.8 Å². The Labute approximate surface area is 122 Å². The molecule has 0 spiro atoms. The molecular weight excluding hydrogens is 268 g/mol. The summed E-state index contributed by atoms with van der Waals surface area (Å²) in [5.41, 5.74) is 7.93. The van der Waals surface area contributed by atoms with E-state index in [0.29, 0.717) is 18.9 Å². The summed E-state index contributed by atoms with van der Waals surface area (Å²) in [7, 11) is 0. The third-order valence-corrected chi connectivity index (χ3v) is 2.99. The second-order valence-corrected chi connectivity index (χ2v) is 4.60. The minimum Gasteiger partial charge on any atom is -0.493 e. The summed E-state index contributed by atoms with van der Waals surface area (Å²) in [6, 6.07) is 13.0. The maximum Gasteiger partial charge on any atom is 0.181 e. The molecule has 1 aromatic heterocycles. The predicted molar refractivity (Wildman–Crippen MR) is 80.5 cm³/mol. The van der Waals surface area contributed by atoms with Gasteiger partial charge in [0.05, 0.1) is 13.2 Å². The van der Waals surface area contributed by atoms with Gasteiger partial charge in [0.2, 0.25) is 0 Å². The summed E-state index contributed by atoms with van der Waals surface area (Å²) in [5.74, 6) is 1.54. The van der Waals surface area contributed by atoms with Crippen LogP contribution in [0.1, 0.15) is 6.42 Å². The van der Waals surface area contributed by atoms with Crippen LogP contribution in [0.15, 0.2) is 53.3 Å². The van der Waals surface area contributed by atoms with E-state index in [0.717, 1.165) is 29.0 Å². The third kappa shape index (κ3) is 3.45. The summed E-state index contributed by atoms with van der Waals surface area (Å²) in [6.45, 7) is 1.15. The first-order valence-electron chi connectivity index (χ1n) is 6.76. The second kappa shape index (κ2) is 6.17. The lowest BCUT2D eigenvalue weighted by Crippen LogP contribution is -2.05. The van der Waals surface area contributed by atoms with E-state index in [9.17, 15) is 0 Å². The van der Waals surface area contributed by atoms with Crippen LogP contribution in [-0.4, -0.2) is 18.2 Å². The summed E-state index contributed by atoms with van der Waals surface area (Å²) in [5, 5.41) is 0. The van der Waals surface area contributed by atoms with Crippen LogP contribution < -0.4 is 15.2 Å². The summed E-state index contributed by atoms with van der Waals surface area (Å²) >= 11 is 0. The number of nitrogen functional groups attached to an aromatic ring is 1. The maximum absolute atomic E-state index is 5.68. The van der Waals surface area contributed by atoms with Gasteiger partial charge in [-0.05, 0) is 24.3 Å². The van der Waals surface area contributed by atoms with Crippen molar-refractivity contribution in [1.82, 2.24) is 4.98 Å². The molecule has 0 bridgehead atoms. The fraction of sp³-hybridized carbons (Fsp3) is 0.188. The molecule has 5 heteroatoms. The van der Waals surface area contributed by atoms with Crippen molar-refractivity contribution < 1.29 is 13.9 Å². The highest BCUT2D eigenvalue weighted by atomic mass is 16.5. The summed E-state index contributed by atoms with van der Waals surface area (Å²) in [6.07, 6.45) is 2.21. The van der Waals surface area contributed by atoms with Crippen molar-refractivity contribution in [1.29, 1.82) is 0 Å². The van der Waals surface area contributed by atoms with Gasteiger partial charge >= 0.3 is 0 Å². The van der Waals surface area contributed by atoms with Crippen LogP contribution >= 0.6 is 0 Å². The van der Waals surface area contributed by atoms with Gasteiger partial charge in [-0.3, -0.25) is 0 Å². The molecule has 0 unspecified atom stereocenters. The second-order valence-electron chi connectivity index (χ2n) is 4.60. The van der Waals surface area contributed by atoms with Crippen molar-refractivity contribution in [3.63, 3.8) is 0 Å². The zero-order chi connectivity index (χ0) is 14.5. The number of aromatic nitrogens is 1. The van der Waals surface area contributed by atoms with E-state index in [1.54, 1.807) is 6.07 Å². The van der Waals surface area contributed by atoms with Crippen LogP contribution in [0.4, 0.5) is 5.69 Å². The Morgan fingerprint density at radius 2 is 1.81 bits per heavy atom. The fourth-order valence-electron chi connectivity index (χ4n) is 1.97. The van der Waals surface area contributed by atoms with E-state index in [1.165, 1.54) is 6.39 Å². The molecule has 3 rings (SSSR count). The van der Waals surface area contributed by atoms with E-state index in [1.807, 2.05) is 36.4 Å². The zero-order valence-electron chi connectivity index (χ0n) is 11.5. The van der Waals surface area contributed by atoms with E-state index in [2.05, 4.69) is 4.98 Å². The number of nitrogens with zero attached hydrogens (tertiary/aromatic N) is 1. The van der Waals surface area contributed by atoms with Gasteiger partial charge in [0.1, 0.15) is 17.0 Å². The largest absolute Gasteiger partial charge is 0.493 e. The standard InChI is InChI=1S/C16H16N2O3/c17-12-3-1-4-13(9-12)19-7-2-8-20-14-5-6-15-16(10-14)21-11-18-15/h1,3-6,9-11H,2,7-8,17H2. The molecule has 1 heterocycles. The molecule has 0 radical (unpaired) electrons. The Kier molecular flexibility index (Phi) is 3.91. The smallest absolute Gasteiger partial charge is 0.181 e. The van der Waals surface area contributed by atoms with Gasteiger partial charge in [0.15, 0.2) is 12.0 Å². The minimum atomic E-state index is 0.571. The normalized spacial score (nSPS) is 10.7. The van der Waals surface area contributed by atoms with Crippen molar-refractivity contribution in [2.75, 3.05) is 18.9 Å². The van der Waals surface area contributed by atoms with Gasteiger partial charge in [0.25, 0.3) is 0 Å². The highest BCUT2D eigenvalue weighted by molar-refractivity contribution is 5.73. The lowest BCUT2D eigenvalue weighted by atomic mass is 10.3. The number of hydrogen-bond donors (Lipinski definition) is 1. The predicted octanol–water partition coefficient (Wildman–Crippen LogP) is 3.26. The molecule has 0 aliphatic heterocycles. The number of benzene rings is 2. The lowest BCUT2D eigenvalue weighted by Gasteiger charge is -2.08. The Hall–Kier alpha value is -2.69. The molecule has 2 aromatic carbocycles. The molecule has 3 aromatic rings. The SMILES string of the molecule is Nc1cccc(OCCCOc2ccc3ncoc3c2)c1. The highest BCUT2D eigenvalue weighted by Crippen LogP contribution is 2.20. The van der Waals surface area contributed by atoms with E-state index >= 15 is 0 Å². The van der Waals surface area contributed by atoms with Crippen molar-refractivity contribution in [2.45, 2.75) is 6.42 Å². The van der Waals surface area contributed by atoms with Crippen LogP contribution in [0.5, 0.6) is 11.5 Å². The molecule has 0 saturated carbocycles. The topological polar surface area (TPSA) is 70.5 Å². The molecule has 0 amide bonds. The first-order chi connectivity index (χ1) is 10.3. The Balaban J connectivity index is 1.43. The van der Waals surface area contributed by atoms with Gasteiger partial charge in [0, 0.05) is 24.2 Å². The zero-order valence-corrected chi connectivity index (χ0v) is 11.5. The minimum absolute atomic E-state index is 0.571. The molecule has 0 atom stereocenters. The Morgan fingerprint density at radius 3 is 2.62 bits per heavy atom. The van der Waals surface area contributed by atoms with Gasteiger partial charge in [-0.1, -0.05) is 6.07 Å². The highest BCUT2D eigenvalue weighted by Gasteiger charge is 2.01. The average Bonchev–Trinajstić information content (AvgIpc) is 2.94. The summed E-state index contributed by atoms with van der Waals surface area (Å²) in [4.78, 5) is 4.06. The fourth-order valence-corrected chi connectivity index (χ4v) is 1.97. The molecule has 0 aliphatic carbocycles. The average molecular weight is 284 g/mol. The van der Waals surface area contributed by atoms with E-state index < -0.39 is 0 Å². The number of ether oxygens (including phenoxy) is 2. The number of rotatable bonds is 6. The third-order valence-electron chi connectivity index (χ3n) is 2.99. The van der Waals surface area contributed by atoms with Gasteiger partial charge in [-0.25, -0.2) is 4.98 Å². The molecule has 108 valence electrons. The molecule has 21 heavy (non-hydrogen) atoms. The first kappa shape index (κ1) is 13.3. The van der Waals surface area contributed by atoms with Gasteiger partial charge in [-0.15, -0.1) is 0 Å². The monoisotopic (exact) mass is 284 g/mol. The Morgan fingerprint density at radius 1 is 1.00 bits per heavy atom. The van der Waals surface area contributed by atoms with E-state index in [-0.39, 0.29) is 0 Å². The number of hydrogen-bond acceptors (Lipinski definition) is 5. The van der Waals surface area contributed by atoms with Gasteiger partial charge < -0.3 is 19.6 Å². The quantitative estimate of drug-likeness (QED) is 0.555. The van der Waals surface area contributed by atoms with Gasteiger partial charge in [-0.2, -0.15) is 0 Å². The first-order valence-corrected chi connectivity index (χ1v) is 6.76. The van der Waals surface area contributed by atoms with Crippen LogP contribution in [0.2, 0.25) is 0 Å². The van der Waals surface area contributed by atoms with Crippen molar-refractivity contribution in [3.8, 4) is 11.5 Å². The number of oxazole rings is 1. The lowest BCUT2D eigenvalue weighted by molar-refractivity contribution is 0.247. The number of anilines is 1. The number of nitrogens with two attached hydrogens (primary N) is 1. The van der Waals surface area contributed by atoms with Crippen LogP contribution in [0.25, 0.3) is 11.1 Å². The van der Waals surface area contributed by atoms with E-state index in [4.69, 9.17) is 19.6 Å². The molecule has 0 aliphatic rings. The Bertz CT molecular complexity index is 724. The van der Waals surface area contributed by atoms with Crippen molar-refractivity contribution in [2.24, 2.45) is 0 Å². The van der Waals surface area contributed by atoms with Crippen LogP contribution in [0, 0.1) is 0 Å². The molecule has 5 nitrogen and oxygen atoms in total.